The van der Waals surface area contributed by atoms with Crippen molar-refractivity contribution >= 4 is 11.9 Å². The molecule has 0 heterocycles. The van der Waals surface area contributed by atoms with E-state index in [1.807, 2.05) is 30.3 Å². The number of amides is 1. The molecule has 7 nitrogen and oxygen atoms in total. The van der Waals surface area contributed by atoms with E-state index in [1.54, 1.807) is 21.2 Å². The summed E-state index contributed by atoms with van der Waals surface area (Å²) in [7, 11) is 5.04. The average Bonchev–Trinajstić information content (AvgIpc) is 2.56. The number of hydrogen-bond acceptors (Lipinski definition) is 4. The van der Waals surface area contributed by atoms with Crippen molar-refractivity contribution in [1.29, 1.82) is 0 Å². The molecule has 7 heteroatoms. The van der Waals surface area contributed by atoms with Gasteiger partial charge in [0.25, 0.3) is 0 Å². The van der Waals surface area contributed by atoms with Gasteiger partial charge in [0.2, 0.25) is 5.91 Å². The van der Waals surface area contributed by atoms with Crippen LogP contribution in [0.3, 0.4) is 0 Å². The number of hydrogen-bond donors (Lipinski definition) is 2. The van der Waals surface area contributed by atoms with Gasteiger partial charge in [-0.15, -0.1) is 0 Å². The van der Waals surface area contributed by atoms with E-state index in [0.717, 1.165) is 5.75 Å². The van der Waals surface area contributed by atoms with Gasteiger partial charge in [-0.1, -0.05) is 18.2 Å². The van der Waals surface area contributed by atoms with Gasteiger partial charge >= 0.3 is 0 Å². The molecule has 0 bridgehead atoms. The molecule has 1 rings (SSSR count). The molecular formula is C16H26N4O3. The minimum atomic E-state index is -0.0571. The van der Waals surface area contributed by atoms with E-state index in [-0.39, 0.29) is 12.5 Å². The van der Waals surface area contributed by atoms with Gasteiger partial charge in [0.05, 0.1) is 13.2 Å². The number of nitrogens with zero attached hydrogens (tertiary/aromatic N) is 2. The van der Waals surface area contributed by atoms with Crippen LogP contribution in [0.2, 0.25) is 0 Å². The summed E-state index contributed by atoms with van der Waals surface area (Å²) in [6.07, 6.45) is 0. The largest absolute Gasteiger partial charge is 0.492 e. The van der Waals surface area contributed by atoms with Crippen molar-refractivity contribution in [3.8, 4) is 5.75 Å². The Morgan fingerprint density at radius 2 is 1.78 bits per heavy atom. The van der Waals surface area contributed by atoms with Gasteiger partial charge in [0.1, 0.15) is 18.9 Å². The number of methoxy groups -OCH3 is 1. The smallest absolute Gasteiger partial charge is 0.243 e. The lowest BCUT2D eigenvalue weighted by atomic mass is 10.3. The van der Waals surface area contributed by atoms with Crippen molar-refractivity contribution in [2.24, 2.45) is 4.99 Å². The number of rotatable bonds is 9. The number of likely N-dealkylation sites (N-methyl/N-ethyl adjacent to an activating group) is 1. The molecule has 128 valence electrons. The van der Waals surface area contributed by atoms with Crippen LogP contribution in [-0.2, 0) is 9.53 Å². The normalized spacial score (nSPS) is 11.0. The molecule has 0 fully saturated rings. The van der Waals surface area contributed by atoms with Gasteiger partial charge in [-0.3, -0.25) is 4.79 Å². The zero-order valence-electron chi connectivity index (χ0n) is 14.0. The summed E-state index contributed by atoms with van der Waals surface area (Å²) in [5.41, 5.74) is 0. The van der Waals surface area contributed by atoms with E-state index in [1.165, 1.54) is 4.90 Å². The van der Waals surface area contributed by atoms with Crippen molar-refractivity contribution in [2.75, 3.05) is 54.1 Å². The molecule has 1 aromatic carbocycles. The topological polar surface area (TPSA) is 75.2 Å². The van der Waals surface area contributed by atoms with E-state index in [9.17, 15) is 4.79 Å². The summed E-state index contributed by atoms with van der Waals surface area (Å²) in [5, 5.41) is 6.23. The Morgan fingerprint density at radius 3 is 2.39 bits per heavy atom. The lowest BCUT2D eigenvalue weighted by molar-refractivity contribution is -0.127. The Bertz CT molecular complexity index is 477. The van der Waals surface area contributed by atoms with Gasteiger partial charge in [-0.25, -0.2) is 4.99 Å². The molecule has 0 aromatic heterocycles. The van der Waals surface area contributed by atoms with Gasteiger partial charge in [-0.2, -0.15) is 0 Å². The predicted octanol–water partition coefficient (Wildman–Crippen LogP) is 0.335. The average molecular weight is 322 g/mol. The van der Waals surface area contributed by atoms with Crippen LogP contribution in [0.25, 0.3) is 0 Å². The summed E-state index contributed by atoms with van der Waals surface area (Å²) in [6, 6.07) is 9.60. The van der Waals surface area contributed by atoms with Gasteiger partial charge in [0.15, 0.2) is 5.96 Å². The summed E-state index contributed by atoms with van der Waals surface area (Å²) in [5.74, 6) is 1.33. The SMILES string of the molecule is COCCNC(=NCC(=O)N(C)C)NCCOc1ccccc1. The molecule has 23 heavy (non-hydrogen) atoms. The number of ether oxygens (including phenoxy) is 2. The molecule has 0 aliphatic carbocycles. The van der Waals surface area contributed by atoms with E-state index in [2.05, 4.69) is 15.6 Å². The summed E-state index contributed by atoms with van der Waals surface area (Å²) >= 11 is 0. The fourth-order valence-electron chi connectivity index (χ4n) is 1.59. The minimum Gasteiger partial charge on any atom is -0.492 e. The third kappa shape index (κ3) is 8.67. The fourth-order valence-corrected chi connectivity index (χ4v) is 1.59. The maximum absolute atomic E-state index is 11.6. The van der Waals surface area contributed by atoms with Crippen LogP contribution in [0, 0.1) is 0 Å². The number of guanidine groups is 1. The first-order valence-corrected chi connectivity index (χ1v) is 7.52. The second kappa shape index (κ2) is 11.3. The number of para-hydroxylation sites is 1. The molecule has 0 unspecified atom stereocenters. The number of aliphatic imine (C=N–C) groups is 1. The molecule has 0 aliphatic rings. The van der Waals surface area contributed by atoms with Crippen LogP contribution in [-0.4, -0.2) is 70.8 Å². The third-order valence-electron chi connectivity index (χ3n) is 2.88. The highest BCUT2D eigenvalue weighted by Gasteiger charge is 2.04. The summed E-state index contributed by atoms with van der Waals surface area (Å²) in [6.45, 7) is 2.33. The van der Waals surface area contributed by atoms with Crippen molar-refractivity contribution in [2.45, 2.75) is 0 Å². The number of carbonyl (C=O) groups excluding carboxylic acids is 1. The van der Waals surface area contributed by atoms with Gasteiger partial charge in [0, 0.05) is 27.7 Å². The highest BCUT2D eigenvalue weighted by molar-refractivity contribution is 5.84. The first kappa shape index (κ1) is 18.8. The second-order valence-corrected chi connectivity index (χ2v) is 4.96. The Hall–Kier alpha value is -2.28. The summed E-state index contributed by atoms with van der Waals surface area (Å²) < 4.78 is 10.6. The molecule has 0 spiro atoms. The van der Waals surface area contributed by atoms with Crippen molar-refractivity contribution in [3.63, 3.8) is 0 Å². The van der Waals surface area contributed by atoms with E-state index in [0.29, 0.717) is 32.3 Å². The van der Waals surface area contributed by atoms with Crippen LogP contribution in [0.5, 0.6) is 5.75 Å². The van der Waals surface area contributed by atoms with Crippen LogP contribution in [0.1, 0.15) is 0 Å². The van der Waals surface area contributed by atoms with E-state index >= 15 is 0 Å². The summed E-state index contributed by atoms with van der Waals surface area (Å²) in [4.78, 5) is 17.4. The van der Waals surface area contributed by atoms with Crippen molar-refractivity contribution < 1.29 is 14.3 Å². The Kier molecular flexibility index (Phi) is 9.23. The van der Waals surface area contributed by atoms with E-state index in [4.69, 9.17) is 9.47 Å². The third-order valence-corrected chi connectivity index (χ3v) is 2.88. The minimum absolute atomic E-state index is 0.0571. The zero-order chi connectivity index (χ0) is 16.9. The second-order valence-electron chi connectivity index (χ2n) is 4.96. The maximum Gasteiger partial charge on any atom is 0.243 e. The predicted molar refractivity (Wildman–Crippen MR) is 90.8 cm³/mol. The molecule has 0 saturated carbocycles. The number of nitrogens with one attached hydrogen (secondary N) is 2. The fraction of sp³-hybridized carbons (Fsp3) is 0.500. The molecular weight excluding hydrogens is 296 g/mol. The van der Waals surface area contributed by atoms with Crippen LogP contribution in [0.4, 0.5) is 0 Å². The molecule has 1 aromatic rings. The highest BCUT2D eigenvalue weighted by atomic mass is 16.5. The van der Waals surface area contributed by atoms with Crippen molar-refractivity contribution in [1.82, 2.24) is 15.5 Å². The molecule has 0 radical (unpaired) electrons. The first-order valence-electron chi connectivity index (χ1n) is 7.52. The highest BCUT2D eigenvalue weighted by Crippen LogP contribution is 2.07. The standard InChI is InChI=1S/C16H26N4O3/c1-20(2)15(21)13-19-16(17-9-11-22-3)18-10-12-23-14-7-5-4-6-8-14/h4-8H,9-13H2,1-3H3,(H2,17,18,19). The maximum atomic E-state index is 11.6. The number of benzene rings is 1. The molecule has 2 N–H and O–H groups in total. The Morgan fingerprint density at radius 1 is 1.13 bits per heavy atom. The lowest BCUT2D eigenvalue weighted by Crippen LogP contribution is -2.41. The molecule has 1 amide bonds. The van der Waals surface area contributed by atoms with Gasteiger partial charge in [-0.05, 0) is 12.1 Å². The van der Waals surface area contributed by atoms with Gasteiger partial charge < -0.3 is 25.0 Å². The van der Waals surface area contributed by atoms with Crippen LogP contribution < -0.4 is 15.4 Å². The molecule has 0 atom stereocenters. The zero-order valence-corrected chi connectivity index (χ0v) is 14.0. The van der Waals surface area contributed by atoms with E-state index < -0.39 is 0 Å². The molecule has 0 aliphatic heterocycles. The Balaban J connectivity index is 2.38. The van der Waals surface area contributed by atoms with Crippen LogP contribution in [0.15, 0.2) is 35.3 Å². The molecule has 0 saturated heterocycles. The van der Waals surface area contributed by atoms with Crippen LogP contribution >= 0.6 is 0 Å². The quantitative estimate of drug-likeness (QED) is 0.389. The van der Waals surface area contributed by atoms with Crippen molar-refractivity contribution in [3.05, 3.63) is 30.3 Å². The Labute approximate surface area is 137 Å². The monoisotopic (exact) mass is 322 g/mol. The lowest BCUT2D eigenvalue weighted by Gasteiger charge is -2.14. The first-order chi connectivity index (χ1) is 11.1. The number of carbonyl (C=O) groups is 1.